The molecule has 0 spiro atoms. The van der Waals surface area contributed by atoms with Crippen LogP contribution in [-0.4, -0.2) is 11.8 Å². The van der Waals surface area contributed by atoms with Crippen LogP contribution in [0.1, 0.15) is 36.2 Å². The Labute approximate surface area is 142 Å². The molecular formula is C20H22N2O2. The van der Waals surface area contributed by atoms with Crippen molar-refractivity contribution in [1.29, 1.82) is 0 Å². The van der Waals surface area contributed by atoms with E-state index in [2.05, 4.69) is 24.5 Å². The van der Waals surface area contributed by atoms with Crippen molar-refractivity contribution < 1.29 is 9.59 Å². The molecule has 0 heterocycles. The number of amides is 2. The summed E-state index contributed by atoms with van der Waals surface area (Å²) in [6.45, 7) is 4.16. The topological polar surface area (TPSA) is 58.2 Å². The summed E-state index contributed by atoms with van der Waals surface area (Å²) in [5.41, 5.74) is 3.18. The first-order chi connectivity index (χ1) is 11.6. The van der Waals surface area contributed by atoms with Gasteiger partial charge in [0.05, 0.1) is 0 Å². The Bertz CT molecular complexity index is 752. The van der Waals surface area contributed by atoms with Crippen LogP contribution in [0.5, 0.6) is 0 Å². The lowest BCUT2D eigenvalue weighted by molar-refractivity contribution is -0.117. The van der Waals surface area contributed by atoms with Gasteiger partial charge in [0, 0.05) is 22.9 Å². The van der Waals surface area contributed by atoms with E-state index in [1.165, 1.54) is 5.56 Å². The molecule has 3 rings (SSSR count). The Balaban J connectivity index is 1.65. The first-order valence-corrected chi connectivity index (χ1v) is 8.38. The number of nitrogens with one attached hydrogen (secondary N) is 2. The zero-order chi connectivity index (χ0) is 17.1. The van der Waals surface area contributed by atoms with Gasteiger partial charge in [-0.05, 0) is 54.7 Å². The molecule has 4 nitrogen and oxygen atoms in total. The fraction of sp³-hybridized carbons (Fsp3) is 0.300. The largest absolute Gasteiger partial charge is 0.326 e. The van der Waals surface area contributed by atoms with Crippen LogP contribution in [0, 0.1) is 11.8 Å². The average molecular weight is 322 g/mol. The van der Waals surface area contributed by atoms with E-state index in [9.17, 15) is 9.59 Å². The van der Waals surface area contributed by atoms with Crippen LogP contribution in [-0.2, 0) is 11.2 Å². The van der Waals surface area contributed by atoms with Gasteiger partial charge in [0.25, 0.3) is 5.91 Å². The van der Waals surface area contributed by atoms with Gasteiger partial charge in [-0.25, -0.2) is 0 Å². The predicted octanol–water partition coefficient (Wildman–Crippen LogP) is 4.10. The SMILES string of the molecule is CCc1ccc(NC(=O)c2cccc(NC(=O)C3CC3C)c2)cc1. The minimum absolute atomic E-state index is 0.0372. The van der Waals surface area contributed by atoms with Crippen LogP contribution in [0.3, 0.4) is 0 Å². The fourth-order valence-electron chi connectivity index (χ4n) is 2.69. The molecule has 1 aliphatic rings. The monoisotopic (exact) mass is 322 g/mol. The Hall–Kier alpha value is -2.62. The molecule has 4 heteroatoms. The molecule has 1 saturated carbocycles. The lowest BCUT2D eigenvalue weighted by atomic mass is 10.1. The molecule has 1 fully saturated rings. The molecule has 124 valence electrons. The Morgan fingerprint density at radius 2 is 1.75 bits per heavy atom. The Morgan fingerprint density at radius 1 is 1.04 bits per heavy atom. The molecule has 2 unspecified atom stereocenters. The van der Waals surface area contributed by atoms with Gasteiger partial charge in [-0.15, -0.1) is 0 Å². The molecule has 2 aromatic rings. The lowest BCUT2D eigenvalue weighted by Crippen LogP contribution is -2.16. The smallest absolute Gasteiger partial charge is 0.255 e. The second kappa shape index (κ2) is 6.87. The first-order valence-electron chi connectivity index (χ1n) is 8.38. The maximum absolute atomic E-state index is 12.4. The number of hydrogen-bond acceptors (Lipinski definition) is 2. The summed E-state index contributed by atoms with van der Waals surface area (Å²) in [6.07, 6.45) is 1.91. The van der Waals surface area contributed by atoms with Crippen LogP contribution in [0.2, 0.25) is 0 Å². The second-order valence-corrected chi connectivity index (χ2v) is 6.39. The normalized spacial score (nSPS) is 18.8. The third-order valence-electron chi connectivity index (χ3n) is 4.46. The summed E-state index contributed by atoms with van der Waals surface area (Å²) >= 11 is 0. The third-order valence-corrected chi connectivity index (χ3v) is 4.46. The summed E-state index contributed by atoms with van der Waals surface area (Å²) in [4.78, 5) is 24.4. The van der Waals surface area contributed by atoms with Crippen molar-refractivity contribution in [1.82, 2.24) is 0 Å². The fourth-order valence-corrected chi connectivity index (χ4v) is 2.69. The maximum atomic E-state index is 12.4. The van der Waals surface area contributed by atoms with Gasteiger partial charge < -0.3 is 10.6 Å². The summed E-state index contributed by atoms with van der Waals surface area (Å²) in [5, 5.41) is 5.77. The number of rotatable bonds is 5. The van der Waals surface area contributed by atoms with Crippen LogP contribution in [0.15, 0.2) is 48.5 Å². The minimum atomic E-state index is -0.185. The molecule has 2 amide bonds. The highest BCUT2D eigenvalue weighted by atomic mass is 16.2. The van der Waals surface area contributed by atoms with Gasteiger partial charge in [0.2, 0.25) is 5.91 Å². The van der Waals surface area contributed by atoms with E-state index in [4.69, 9.17) is 0 Å². The highest BCUT2D eigenvalue weighted by Gasteiger charge is 2.39. The minimum Gasteiger partial charge on any atom is -0.326 e. The maximum Gasteiger partial charge on any atom is 0.255 e. The van der Waals surface area contributed by atoms with Gasteiger partial charge >= 0.3 is 0 Å². The van der Waals surface area contributed by atoms with Crippen molar-refractivity contribution in [2.75, 3.05) is 10.6 Å². The van der Waals surface area contributed by atoms with E-state index in [1.807, 2.05) is 24.3 Å². The van der Waals surface area contributed by atoms with Gasteiger partial charge in [-0.2, -0.15) is 0 Å². The van der Waals surface area contributed by atoms with E-state index in [0.29, 0.717) is 17.2 Å². The van der Waals surface area contributed by atoms with E-state index in [-0.39, 0.29) is 17.7 Å². The summed E-state index contributed by atoms with van der Waals surface area (Å²) in [6, 6.07) is 14.8. The van der Waals surface area contributed by atoms with Crippen LogP contribution >= 0.6 is 0 Å². The van der Waals surface area contributed by atoms with Gasteiger partial charge in [-0.3, -0.25) is 9.59 Å². The molecule has 0 radical (unpaired) electrons. The molecule has 2 atom stereocenters. The number of hydrogen-bond donors (Lipinski definition) is 2. The zero-order valence-corrected chi connectivity index (χ0v) is 14.0. The van der Waals surface area contributed by atoms with Gasteiger partial charge in [-0.1, -0.05) is 32.0 Å². The Kier molecular flexibility index (Phi) is 4.65. The van der Waals surface area contributed by atoms with Crippen molar-refractivity contribution in [3.05, 3.63) is 59.7 Å². The summed E-state index contributed by atoms with van der Waals surface area (Å²) < 4.78 is 0. The van der Waals surface area contributed by atoms with Crippen LogP contribution in [0.4, 0.5) is 11.4 Å². The van der Waals surface area contributed by atoms with E-state index < -0.39 is 0 Å². The van der Waals surface area contributed by atoms with E-state index in [0.717, 1.165) is 18.5 Å². The van der Waals surface area contributed by atoms with Crippen molar-refractivity contribution in [2.24, 2.45) is 11.8 Å². The number of benzene rings is 2. The quantitative estimate of drug-likeness (QED) is 0.871. The van der Waals surface area contributed by atoms with Crippen molar-refractivity contribution in [2.45, 2.75) is 26.7 Å². The summed E-state index contributed by atoms with van der Waals surface area (Å²) in [7, 11) is 0. The Morgan fingerprint density at radius 3 is 2.38 bits per heavy atom. The number of carbonyl (C=O) groups excluding carboxylic acids is 2. The molecule has 0 bridgehead atoms. The average Bonchev–Trinajstić information content (AvgIpc) is 3.33. The van der Waals surface area contributed by atoms with Crippen molar-refractivity contribution >= 4 is 23.2 Å². The molecule has 0 aliphatic heterocycles. The highest BCUT2D eigenvalue weighted by molar-refractivity contribution is 6.05. The zero-order valence-electron chi connectivity index (χ0n) is 14.0. The molecule has 0 saturated heterocycles. The van der Waals surface area contributed by atoms with Gasteiger partial charge in [0.15, 0.2) is 0 Å². The van der Waals surface area contributed by atoms with Crippen molar-refractivity contribution in [3.8, 4) is 0 Å². The predicted molar refractivity (Wildman–Crippen MR) is 96.1 cm³/mol. The standard InChI is InChI=1S/C20H22N2O2/c1-3-14-7-9-16(10-8-14)21-19(23)15-5-4-6-17(12-15)22-20(24)18-11-13(18)2/h4-10,12-13,18H,3,11H2,1-2H3,(H,21,23)(H,22,24). The first kappa shape index (κ1) is 16.2. The molecule has 2 N–H and O–H groups in total. The number of anilines is 2. The molecule has 2 aromatic carbocycles. The molecular weight excluding hydrogens is 300 g/mol. The van der Waals surface area contributed by atoms with E-state index >= 15 is 0 Å². The lowest BCUT2D eigenvalue weighted by Gasteiger charge is -2.09. The second-order valence-electron chi connectivity index (χ2n) is 6.39. The van der Waals surface area contributed by atoms with Gasteiger partial charge in [0.1, 0.15) is 0 Å². The number of carbonyl (C=O) groups is 2. The summed E-state index contributed by atoms with van der Waals surface area (Å²) in [5.74, 6) is 0.424. The third kappa shape index (κ3) is 3.82. The molecule has 24 heavy (non-hydrogen) atoms. The van der Waals surface area contributed by atoms with E-state index in [1.54, 1.807) is 24.3 Å². The van der Waals surface area contributed by atoms with Crippen LogP contribution < -0.4 is 10.6 Å². The molecule has 0 aromatic heterocycles. The van der Waals surface area contributed by atoms with Crippen LogP contribution in [0.25, 0.3) is 0 Å². The van der Waals surface area contributed by atoms with Crippen molar-refractivity contribution in [3.63, 3.8) is 0 Å². The molecule has 1 aliphatic carbocycles. The highest BCUT2D eigenvalue weighted by Crippen LogP contribution is 2.38. The number of aryl methyl sites for hydroxylation is 1.